The summed E-state index contributed by atoms with van der Waals surface area (Å²) in [5, 5.41) is 5.43. The zero-order valence-electron chi connectivity index (χ0n) is 16.2. The van der Waals surface area contributed by atoms with Gasteiger partial charge >= 0.3 is 0 Å². The zero-order valence-corrected chi connectivity index (χ0v) is 17.0. The maximum Gasteiger partial charge on any atom is 0.264 e. The number of ether oxygens (including phenoxy) is 2. The first-order valence-corrected chi connectivity index (χ1v) is 10.2. The van der Waals surface area contributed by atoms with Crippen molar-refractivity contribution in [1.82, 2.24) is 9.88 Å². The van der Waals surface area contributed by atoms with Gasteiger partial charge in [-0.05, 0) is 49.9 Å². The van der Waals surface area contributed by atoms with E-state index in [4.69, 9.17) is 9.47 Å². The Bertz CT molecular complexity index is 778. The largest absolute Gasteiger partial charge is 0.493 e. The molecule has 1 aromatic carbocycles. The van der Waals surface area contributed by atoms with Crippen molar-refractivity contribution >= 4 is 22.4 Å². The fraction of sp³-hybridized carbons (Fsp3) is 0.500. The minimum absolute atomic E-state index is 0.0853. The van der Waals surface area contributed by atoms with Crippen molar-refractivity contribution in [2.24, 2.45) is 5.92 Å². The molecule has 1 aliphatic rings. The number of carbonyl (C=O) groups is 1. The molecule has 1 N–H and O–H groups in total. The number of piperidine rings is 1. The van der Waals surface area contributed by atoms with E-state index < -0.39 is 0 Å². The average Bonchev–Trinajstić information content (AvgIpc) is 3.07. The van der Waals surface area contributed by atoms with Gasteiger partial charge in [0.15, 0.2) is 23.2 Å². The normalized spacial score (nSPS) is 17.5. The highest BCUT2D eigenvalue weighted by Gasteiger charge is 2.17. The summed E-state index contributed by atoms with van der Waals surface area (Å²) in [6, 6.07) is 5.61. The predicted molar refractivity (Wildman–Crippen MR) is 108 cm³/mol. The van der Waals surface area contributed by atoms with Crippen molar-refractivity contribution in [1.29, 1.82) is 0 Å². The van der Waals surface area contributed by atoms with Gasteiger partial charge in [0.05, 0.1) is 12.8 Å². The summed E-state index contributed by atoms with van der Waals surface area (Å²) in [7, 11) is 1.59. The van der Waals surface area contributed by atoms with Gasteiger partial charge in [0.1, 0.15) is 0 Å². The van der Waals surface area contributed by atoms with Crippen molar-refractivity contribution in [2.45, 2.75) is 33.2 Å². The number of aromatic nitrogens is 1. The summed E-state index contributed by atoms with van der Waals surface area (Å²) in [5.41, 5.74) is 2.08. The van der Waals surface area contributed by atoms with Crippen LogP contribution in [-0.4, -0.2) is 42.6 Å². The third-order valence-corrected chi connectivity index (χ3v) is 5.41. The van der Waals surface area contributed by atoms with E-state index in [1.54, 1.807) is 7.11 Å². The smallest absolute Gasteiger partial charge is 0.264 e. The number of hydrogen-bond donors (Lipinski definition) is 1. The Morgan fingerprint density at radius 3 is 3.04 bits per heavy atom. The van der Waals surface area contributed by atoms with E-state index in [0.29, 0.717) is 16.6 Å². The van der Waals surface area contributed by atoms with Gasteiger partial charge in [0, 0.05) is 18.5 Å². The van der Waals surface area contributed by atoms with E-state index in [9.17, 15) is 4.79 Å². The molecule has 3 rings (SSSR count). The molecule has 1 atom stereocenters. The lowest BCUT2D eigenvalue weighted by Gasteiger charge is -2.30. The molecule has 2 aromatic rings. The maximum atomic E-state index is 12.2. The maximum absolute atomic E-state index is 12.2. The summed E-state index contributed by atoms with van der Waals surface area (Å²) in [4.78, 5) is 19.1. The van der Waals surface area contributed by atoms with Crippen LogP contribution >= 0.6 is 11.3 Å². The molecule has 7 heteroatoms. The highest BCUT2D eigenvalue weighted by atomic mass is 32.1. The van der Waals surface area contributed by atoms with Crippen LogP contribution in [0.5, 0.6) is 11.5 Å². The number of anilines is 1. The minimum atomic E-state index is -0.231. The Labute approximate surface area is 164 Å². The fourth-order valence-electron chi connectivity index (χ4n) is 3.29. The summed E-state index contributed by atoms with van der Waals surface area (Å²) in [5.74, 6) is 1.69. The average molecular weight is 390 g/mol. The van der Waals surface area contributed by atoms with E-state index in [0.717, 1.165) is 36.8 Å². The van der Waals surface area contributed by atoms with E-state index in [1.807, 2.05) is 30.5 Å². The van der Waals surface area contributed by atoms with Crippen LogP contribution in [0, 0.1) is 12.8 Å². The Morgan fingerprint density at radius 1 is 1.41 bits per heavy atom. The number of benzene rings is 1. The predicted octanol–water partition coefficient (Wildman–Crippen LogP) is 3.71. The van der Waals surface area contributed by atoms with Crippen LogP contribution in [0.3, 0.4) is 0 Å². The van der Waals surface area contributed by atoms with Crippen LogP contribution in [0.15, 0.2) is 23.6 Å². The minimum Gasteiger partial charge on any atom is -0.493 e. The topological polar surface area (TPSA) is 63.7 Å². The number of nitrogens with zero attached hydrogens (tertiary/aromatic N) is 2. The number of amides is 1. The van der Waals surface area contributed by atoms with Gasteiger partial charge in [0.2, 0.25) is 0 Å². The van der Waals surface area contributed by atoms with E-state index in [2.05, 4.69) is 22.1 Å². The van der Waals surface area contributed by atoms with Crippen molar-refractivity contribution in [3.05, 3.63) is 34.8 Å². The quantitative estimate of drug-likeness (QED) is 0.782. The lowest BCUT2D eigenvalue weighted by Crippen LogP contribution is -2.33. The summed E-state index contributed by atoms with van der Waals surface area (Å²) in [6.45, 7) is 7.26. The second-order valence-corrected chi connectivity index (χ2v) is 7.98. The number of aryl methyl sites for hydroxylation is 1. The lowest BCUT2D eigenvalue weighted by molar-refractivity contribution is -0.118. The van der Waals surface area contributed by atoms with E-state index in [1.165, 1.54) is 24.2 Å². The third-order valence-electron chi connectivity index (χ3n) is 4.60. The molecule has 0 bridgehead atoms. The van der Waals surface area contributed by atoms with E-state index >= 15 is 0 Å². The number of carbonyl (C=O) groups excluding carboxylic acids is 1. The second-order valence-electron chi connectivity index (χ2n) is 7.12. The van der Waals surface area contributed by atoms with Crippen LogP contribution in [0.4, 0.5) is 5.13 Å². The van der Waals surface area contributed by atoms with E-state index in [-0.39, 0.29) is 12.5 Å². The zero-order chi connectivity index (χ0) is 19.2. The van der Waals surface area contributed by atoms with Gasteiger partial charge in [-0.1, -0.05) is 13.0 Å². The monoisotopic (exact) mass is 389 g/mol. The molecule has 0 saturated carbocycles. The number of likely N-dealkylation sites (tertiary alicyclic amines) is 1. The van der Waals surface area contributed by atoms with Crippen LogP contribution in [0.2, 0.25) is 0 Å². The first-order chi connectivity index (χ1) is 13.0. The molecule has 0 spiro atoms. The Kier molecular flexibility index (Phi) is 6.68. The molecule has 146 valence electrons. The Balaban J connectivity index is 1.49. The fourth-order valence-corrected chi connectivity index (χ4v) is 4.01. The third kappa shape index (κ3) is 5.68. The molecule has 0 radical (unpaired) electrons. The molecule has 1 fully saturated rings. The Hall–Kier alpha value is -2.12. The number of nitrogens with one attached hydrogen (secondary N) is 1. The van der Waals surface area contributed by atoms with Gasteiger partial charge in [-0.15, -0.1) is 11.3 Å². The molecule has 1 aromatic heterocycles. The van der Waals surface area contributed by atoms with Gasteiger partial charge in [-0.25, -0.2) is 4.98 Å². The molecule has 1 unspecified atom stereocenters. The molecule has 6 nitrogen and oxygen atoms in total. The second kappa shape index (κ2) is 9.19. The van der Waals surface area contributed by atoms with Crippen molar-refractivity contribution in [3.63, 3.8) is 0 Å². The van der Waals surface area contributed by atoms with Crippen molar-refractivity contribution in [3.8, 4) is 11.5 Å². The molecular formula is C20H27N3O3S. The van der Waals surface area contributed by atoms with Gasteiger partial charge in [0.25, 0.3) is 5.91 Å². The number of rotatable bonds is 7. The molecule has 1 amide bonds. The number of thiazole rings is 1. The number of hydrogen-bond acceptors (Lipinski definition) is 6. The highest BCUT2D eigenvalue weighted by Crippen LogP contribution is 2.27. The van der Waals surface area contributed by atoms with Gasteiger partial charge < -0.3 is 9.47 Å². The first kappa shape index (κ1) is 19.6. The SMILES string of the molecule is COc1cc(C)ccc1OCC(=O)Nc1nc(CN2CCCC(C)C2)cs1. The summed E-state index contributed by atoms with van der Waals surface area (Å²) in [6.07, 6.45) is 2.55. The molecule has 2 heterocycles. The van der Waals surface area contributed by atoms with Crippen LogP contribution < -0.4 is 14.8 Å². The highest BCUT2D eigenvalue weighted by molar-refractivity contribution is 7.13. The standard InChI is InChI=1S/C20H27N3O3S/c1-14-6-7-17(18(9-14)25-3)26-12-19(24)22-20-21-16(13-27-20)11-23-8-4-5-15(2)10-23/h6-7,9,13,15H,4-5,8,10-12H2,1-3H3,(H,21,22,24). The Morgan fingerprint density at radius 2 is 2.26 bits per heavy atom. The summed E-state index contributed by atoms with van der Waals surface area (Å²) >= 11 is 1.45. The van der Waals surface area contributed by atoms with Crippen LogP contribution in [0.1, 0.15) is 31.0 Å². The number of methoxy groups -OCH3 is 1. The molecule has 1 saturated heterocycles. The van der Waals surface area contributed by atoms with Gasteiger partial charge in [-0.3, -0.25) is 15.0 Å². The van der Waals surface area contributed by atoms with Gasteiger partial charge in [-0.2, -0.15) is 0 Å². The van der Waals surface area contributed by atoms with Crippen LogP contribution in [0.25, 0.3) is 0 Å². The molecule has 1 aliphatic heterocycles. The molecule has 0 aliphatic carbocycles. The van der Waals surface area contributed by atoms with Crippen molar-refractivity contribution < 1.29 is 14.3 Å². The summed E-state index contributed by atoms with van der Waals surface area (Å²) < 4.78 is 10.9. The van der Waals surface area contributed by atoms with Crippen LogP contribution in [-0.2, 0) is 11.3 Å². The lowest BCUT2D eigenvalue weighted by atomic mass is 10.0. The van der Waals surface area contributed by atoms with Crippen molar-refractivity contribution in [2.75, 3.05) is 32.1 Å². The first-order valence-electron chi connectivity index (χ1n) is 9.27. The molecular weight excluding hydrogens is 362 g/mol. The molecule has 27 heavy (non-hydrogen) atoms.